The van der Waals surface area contributed by atoms with Crippen LogP contribution in [0.1, 0.15) is 13.3 Å². The van der Waals surface area contributed by atoms with Crippen LogP contribution in [0.15, 0.2) is 0 Å². The Hall–Kier alpha value is -0.650. The lowest BCUT2D eigenvalue weighted by Crippen LogP contribution is -2.55. The molecule has 0 aromatic rings. The van der Waals surface area contributed by atoms with E-state index in [4.69, 9.17) is 4.74 Å². The zero-order valence-corrected chi connectivity index (χ0v) is 8.21. The maximum Gasteiger partial charge on any atom is 0.107 e. The van der Waals surface area contributed by atoms with E-state index in [1.807, 2.05) is 0 Å². The molecule has 1 rings (SSSR count). The summed E-state index contributed by atoms with van der Waals surface area (Å²) in [6, 6.07) is 0. The van der Waals surface area contributed by atoms with E-state index >= 15 is 0 Å². The second kappa shape index (κ2) is 4.25. The van der Waals surface area contributed by atoms with Gasteiger partial charge in [0.2, 0.25) is 0 Å². The number of aliphatic hydroxyl groups is 2. The Kier molecular flexibility index (Phi) is 3.47. The first-order valence-corrected chi connectivity index (χ1v) is 4.58. The Morgan fingerprint density at radius 2 is 2.00 bits per heavy atom. The summed E-state index contributed by atoms with van der Waals surface area (Å²) in [4.78, 5) is 10.7. The average molecular weight is 203 g/mol. The Bertz CT molecular complexity index is 217. The lowest BCUT2D eigenvalue weighted by Gasteiger charge is -2.41. The van der Waals surface area contributed by atoms with Gasteiger partial charge in [-0.3, -0.25) is 0 Å². The van der Waals surface area contributed by atoms with Gasteiger partial charge < -0.3 is 24.9 Å². The van der Waals surface area contributed by atoms with Crippen molar-refractivity contribution in [2.75, 3.05) is 7.11 Å². The van der Waals surface area contributed by atoms with E-state index in [0.717, 1.165) is 0 Å². The molecule has 1 aliphatic rings. The van der Waals surface area contributed by atoms with Crippen LogP contribution in [0.3, 0.4) is 0 Å². The van der Waals surface area contributed by atoms with E-state index < -0.39 is 30.2 Å². The number of rotatable bonds is 2. The van der Waals surface area contributed by atoms with Crippen LogP contribution in [-0.2, 0) is 9.53 Å². The number of hydrogen-bond acceptors (Lipinski definition) is 5. The van der Waals surface area contributed by atoms with Gasteiger partial charge in [0.1, 0.15) is 6.10 Å². The summed E-state index contributed by atoms with van der Waals surface area (Å²) >= 11 is 0. The van der Waals surface area contributed by atoms with Crippen molar-refractivity contribution in [2.24, 2.45) is 11.8 Å². The molecule has 5 unspecified atom stereocenters. The topological polar surface area (TPSA) is 89.8 Å². The van der Waals surface area contributed by atoms with Crippen LogP contribution >= 0.6 is 0 Å². The fourth-order valence-electron chi connectivity index (χ4n) is 1.98. The number of carbonyl (C=O) groups is 1. The normalized spacial score (nSPS) is 43.6. The van der Waals surface area contributed by atoms with Crippen LogP contribution in [0.2, 0.25) is 0 Å². The molecule has 0 heterocycles. The number of carboxylic acid groups (broad SMARTS) is 1. The van der Waals surface area contributed by atoms with E-state index in [-0.39, 0.29) is 12.3 Å². The minimum Gasteiger partial charge on any atom is -0.550 e. The van der Waals surface area contributed by atoms with E-state index in [2.05, 4.69) is 0 Å². The molecule has 5 nitrogen and oxygen atoms in total. The third-order valence-corrected chi connectivity index (χ3v) is 2.87. The minimum absolute atomic E-state index is 0.263. The molecule has 0 spiro atoms. The number of carbonyl (C=O) groups excluding carboxylic acids is 1. The summed E-state index contributed by atoms with van der Waals surface area (Å²) < 4.78 is 4.87. The average Bonchev–Trinajstić information content (AvgIpc) is 2.13. The van der Waals surface area contributed by atoms with Crippen molar-refractivity contribution < 1.29 is 24.9 Å². The molecule has 0 amide bonds. The second-order valence-corrected chi connectivity index (χ2v) is 3.82. The number of aliphatic carboxylic acids is 1. The highest BCUT2D eigenvalue weighted by atomic mass is 16.5. The Labute approximate surface area is 82.3 Å². The Balaban J connectivity index is 2.82. The summed E-state index contributed by atoms with van der Waals surface area (Å²) in [6.45, 7) is 1.69. The van der Waals surface area contributed by atoms with Crippen molar-refractivity contribution in [3.63, 3.8) is 0 Å². The third kappa shape index (κ3) is 1.89. The molecule has 1 aliphatic carbocycles. The molecule has 0 bridgehead atoms. The highest BCUT2D eigenvalue weighted by Crippen LogP contribution is 2.31. The molecule has 0 aliphatic heterocycles. The molecule has 1 saturated carbocycles. The maximum absolute atomic E-state index is 10.7. The van der Waals surface area contributed by atoms with Gasteiger partial charge in [-0.2, -0.15) is 0 Å². The number of hydrogen-bond donors (Lipinski definition) is 2. The van der Waals surface area contributed by atoms with E-state index in [1.165, 1.54) is 7.11 Å². The summed E-state index contributed by atoms with van der Waals surface area (Å²) in [5, 5.41) is 29.8. The van der Waals surface area contributed by atoms with E-state index in [1.54, 1.807) is 6.92 Å². The number of ether oxygens (including phenoxy) is 1. The quantitative estimate of drug-likeness (QED) is 0.548. The van der Waals surface area contributed by atoms with Crippen LogP contribution in [0.4, 0.5) is 0 Å². The van der Waals surface area contributed by atoms with Gasteiger partial charge in [0, 0.05) is 19.0 Å². The largest absolute Gasteiger partial charge is 0.550 e. The van der Waals surface area contributed by atoms with E-state index in [0.29, 0.717) is 0 Å². The van der Waals surface area contributed by atoms with Gasteiger partial charge in [-0.1, -0.05) is 6.92 Å². The molecular formula is C9H15O5-. The van der Waals surface area contributed by atoms with Gasteiger partial charge >= 0.3 is 0 Å². The lowest BCUT2D eigenvalue weighted by atomic mass is 9.76. The fourth-order valence-corrected chi connectivity index (χ4v) is 1.98. The zero-order valence-electron chi connectivity index (χ0n) is 8.21. The van der Waals surface area contributed by atoms with Crippen molar-refractivity contribution in [3.05, 3.63) is 0 Å². The van der Waals surface area contributed by atoms with Gasteiger partial charge in [-0.15, -0.1) is 0 Å². The van der Waals surface area contributed by atoms with Crippen LogP contribution in [0, 0.1) is 11.8 Å². The molecule has 14 heavy (non-hydrogen) atoms. The SMILES string of the molecule is COC1C(C(=O)[O-])CC(C)C(O)C1O. The smallest absolute Gasteiger partial charge is 0.107 e. The second-order valence-electron chi connectivity index (χ2n) is 3.82. The van der Waals surface area contributed by atoms with Crippen molar-refractivity contribution in [2.45, 2.75) is 31.7 Å². The van der Waals surface area contributed by atoms with Crippen molar-refractivity contribution in [3.8, 4) is 0 Å². The first-order valence-electron chi connectivity index (χ1n) is 4.58. The Morgan fingerprint density at radius 1 is 1.43 bits per heavy atom. The molecular weight excluding hydrogens is 188 g/mol. The molecule has 5 heteroatoms. The first-order chi connectivity index (χ1) is 6.49. The molecule has 0 aromatic heterocycles. The maximum atomic E-state index is 10.7. The highest BCUT2D eigenvalue weighted by Gasteiger charge is 2.42. The molecule has 0 saturated heterocycles. The van der Waals surface area contributed by atoms with Crippen LogP contribution in [0.25, 0.3) is 0 Å². The standard InChI is InChI=1S/C9H16O5/c1-4-3-5(9(12)13)8(14-2)7(11)6(4)10/h4-8,10-11H,3H2,1-2H3,(H,12,13)/p-1. The number of aliphatic hydroxyl groups excluding tert-OH is 2. The van der Waals surface area contributed by atoms with Gasteiger partial charge in [-0.25, -0.2) is 0 Å². The Morgan fingerprint density at radius 3 is 2.43 bits per heavy atom. The molecule has 5 atom stereocenters. The van der Waals surface area contributed by atoms with Crippen molar-refractivity contribution in [1.29, 1.82) is 0 Å². The summed E-state index contributed by atoms with van der Waals surface area (Å²) in [7, 11) is 1.31. The highest BCUT2D eigenvalue weighted by molar-refractivity contribution is 5.68. The summed E-state index contributed by atoms with van der Waals surface area (Å²) in [5.41, 5.74) is 0. The van der Waals surface area contributed by atoms with Gasteiger partial charge in [0.15, 0.2) is 0 Å². The third-order valence-electron chi connectivity index (χ3n) is 2.87. The lowest BCUT2D eigenvalue weighted by molar-refractivity contribution is -0.319. The molecule has 82 valence electrons. The van der Waals surface area contributed by atoms with Crippen molar-refractivity contribution in [1.82, 2.24) is 0 Å². The monoisotopic (exact) mass is 203 g/mol. The van der Waals surface area contributed by atoms with Gasteiger partial charge in [0.25, 0.3) is 0 Å². The molecule has 0 radical (unpaired) electrons. The van der Waals surface area contributed by atoms with Crippen LogP contribution in [-0.4, -0.2) is 41.6 Å². The molecule has 0 aromatic carbocycles. The zero-order chi connectivity index (χ0) is 10.9. The number of methoxy groups -OCH3 is 1. The molecule has 1 fully saturated rings. The first kappa shape index (κ1) is 11.4. The minimum atomic E-state index is -1.24. The van der Waals surface area contributed by atoms with Crippen LogP contribution in [0.5, 0.6) is 0 Å². The summed E-state index contributed by atoms with van der Waals surface area (Å²) in [6.07, 6.45) is -2.72. The van der Waals surface area contributed by atoms with E-state index in [9.17, 15) is 20.1 Å². The van der Waals surface area contributed by atoms with Crippen molar-refractivity contribution >= 4 is 5.97 Å². The predicted octanol–water partition coefficient (Wildman–Crippen LogP) is -1.87. The fraction of sp³-hybridized carbons (Fsp3) is 0.889. The van der Waals surface area contributed by atoms with Crippen LogP contribution < -0.4 is 5.11 Å². The summed E-state index contributed by atoms with van der Waals surface area (Å²) in [5.74, 6) is -2.36. The molecule has 2 N–H and O–H groups in total. The predicted molar refractivity (Wildman–Crippen MR) is 45.1 cm³/mol. The van der Waals surface area contributed by atoms with Gasteiger partial charge in [0.05, 0.1) is 12.2 Å². The van der Waals surface area contributed by atoms with Gasteiger partial charge in [-0.05, 0) is 12.3 Å². The number of carboxylic acids is 1.